The molecule has 274 valence electrons. The standard InChI is InChI=1S/C50H42N2O2P2/c1-53-49-37-39(33-35-47(49)51-55(41-21-9-3-10-22-41,42-23-11-4-12-24-42)43-25-13-5-14-26-43)40-34-36-48(50(38-40)54-2)52-56(44-27-15-6-16-28-44,45-29-17-7-18-30-45)46-31-19-8-20-32-46/h3-38H,1-2H3. The highest BCUT2D eigenvalue weighted by molar-refractivity contribution is 7.88. The molecule has 0 heterocycles. The summed E-state index contributed by atoms with van der Waals surface area (Å²) in [5.74, 6) is 1.40. The molecule has 0 aliphatic rings. The molecule has 0 saturated carbocycles. The molecule has 0 aliphatic carbocycles. The number of nitrogens with zero attached hydrogens (tertiary/aromatic N) is 2. The van der Waals surface area contributed by atoms with Crippen LogP contribution in [0.15, 0.2) is 228 Å². The Morgan fingerprint density at radius 1 is 0.304 bits per heavy atom. The first kappa shape index (κ1) is 36.8. The van der Waals surface area contributed by atoms with E-state index < -0.39 is 14.1 Å². The van der Waals surface area contributed by atoms with Crippen molar-refractivity contribution in [1.82, 2.24) is 0 Å². The Balaban J connectivity index is 1.29. The van der Waals surface area contributed by atoms with Crippen LogP contribution in [0.3, 0.4) is 0 Å². The van der Waals surface area contributed by atoms with E-state index in [1.165, 1.54) is 31.8 Å². The second-order valence-electron chi connectivity index (χ2n) is 13.3. The average Bonchev–Trinajstić information content (AvgIpc) is 3.29. The van der Waals surface area contributed by atoms with Crippen LogP contribution in [0.25, 0.3) is 11.1 Å². The van der Waals surface area contributed by atoms with Gasteiger partial charge in [-0.1, -0.05) is 194 Å². The van der Waals surface area contributed by atoms with E-state index in [1.807, 2.05) is 0 Å². The van der Waals surface area contributed by atoms with Crippen LogP contribution in [0.5, 0.6) is 11.5 Å². The molecule has 56 heavy (non-hydrogen) atoms. The molecule has 0 bridgehead atoms. The van der Waals surface area contributed by atoms with Crippen LogP contribution in [0.4, 0.5) is 11.4 Å². The van der Waals surface area contributed by atoms with Crippen LogP contribution in [-0.2, 0) is 0 Å². The van der Waals surface area contributed by atoms with Gasteiger partial charge in [-0.2, -0.15) is 0 Å². The third-order valence-corrected chi connectivity index (χ3v) is 17.3. The van der Waals surface area contributed by atoms with Crippen LogP contribution in [0, 0.1) is 0 Å². The van der Waals surface area contributed by atoms with Gasteiger partial charge in [-0.05, 0) is 35.4 Å². The summed E-state index contributed by atoms with van der Waals surface area (Å²) in [5.41, 5.74) is 3.57. The first-order chi connectivity index (χ1) is 27.7. The molecule has 0 fully saturated rings. The molecule has 8 aromatic carbocycles. The maximum absolute atomic E-state index is 6.13. The maximum Gasteiger partial charge on any atom is 0.145 e. The maximum atomic E-state index is 6.13. The zero-order valence-electron chi connectivity index (χ0n) is 31.4. The van der Waals surface area contributed by atoms with Crippen molar-refractivity contribution >= 4 is 57.3 Å². The van der Waals surface area contributed by atoms with Crippen molar-refractivity contribution in [2.75, 3.05) is 14.2 Å². The van der Waals surface area contributed by atoms with Gasteiger partial charge in [0.05, 0.1) is 28.3 Å². The molecular formula is C50H42N2O2P2. The van der Waals surface area contributed by atoms with E-state index in [1.54, 1.807) is 14.2 Å². The molecule has 0 spiro atoms. The largest absolute Gasteiger partial charge is 0.494 e. The molecule has 0 aromatic heterocycles. The monoisotopic (exact) mass is 764 g/mol. The third kappa shape index (κ3) is 7.06. The smallest absolute Gasteiger partial charge is 0.145 e. The van der Waals surface area contributed by atoms with Gasteiger partial charge in [0.2, 0.25) is 0 Å². The van der Waals surface area contributed by atoms with Crippen molar-refractivity contribution in [2.45, 2.75) is 0 Å². The number of benzene rings is 8. The van der Waals surface area contributed by atoms with Gasteiger partial charge < -0.3 is 9.47 Å². The van der Waals surface area contributed by atoms with Gasteiger partial charge in [-0.3, -0.25) is 0 Å². The fraction of sp³-hybridized carbons (Fsp3) is 0.0400. The molecule has 0 aliphatic heterocycles. The Bertz CT molecular complexity index is 2260. The number of rotatable bonds is 11. The molecule has 0 radical (unpaired) electrons. The molecule has 0 unspecified atom stereocenters. The Kier molecular flexibility index (Phi) is 11.0. The lowest BCUT2D eigenvalue weighted by Gasteiger charge is -2.27. The minimum atomic E-state index is -2.50. The van der Waals surface area contributed by atoms with Gasteiger partial charge in [0, 0.05) is 31.8 Å². The molecule has 6 heteroatoms. The summed E-state index contributed by atoms with van der Waals surface area (Å²) in [6.45, 7) is 0. The first-order valence-electron chi connectivity index (χ1n) is 18.6. The van der Waals surface area contributed by atoms with Crippen LogP contribution in [0.1, 0.15) is 0 Å². The first-order valence-corrected chi connectivity index (χ1v) is 22.1. The van der Waals surface area contributed by atoms with Crippen molar-refractivity contribution in [3.63, 3.8) is 0 Å². The van der Waals surface area contributed by atoms with Gasteiger partial charge in [0.15, 0.2) is 0 Å². The zero-order valence-corrected chi connectivity index (χ0v) is 33.2. The lowest BCUT2D eigenvalue weighted by molar-refractivity contribution is 0.415. The fourth-order valence-electron chi connectivity index (χ4n) is 7.31. The second kappa shape index (κ2) is 16.7. The van der Waals surface area contributed by atoms with Crippen molar-refractivity contribution in [2.24, 2.45) is 9.49 Å². The van der Waals surface area contributed by atoms with Crippen LogP contribution < -0.4 is 41.3 Å². The Morgan fingerprint density at radius 3 is 0.750 bits per heavy atom. The van der Waals surface area contributed by atoms with Crippen LogP contribution in [-0.4, -0.2) is 14.2 Å². The quantitative estimate of drug-likeness (QED) is 0.123. The van der Waals surface area contributed by atoms with Gasteiger partial charge in [0.25, 0.3) is 0 Å². The van der Waals surface area contributed by atoms with E-state index in [0.717, 1.165) is 22.5 Å². The Hall–Kier alpha value is -6.18. The van der Waals surface area contributed by atoms with Crippen molar-refractivity contribution in [3.8, 4) is 22.6 Å². The van der Waals surface area contributed by atoms with E-state index >= 15 is 0 Å². The normalized spacial score (nSPS) is 11.4. The summed E-state index contributed by atoms with van der Waals surface area (Å²) in [6, 6.07) is 76.4. The van der Waals surface area contributed by atoms with E-state index in [4.69, 9.17) is 19.0 Å². The zero-order chi connectivity index (χ0) is 38.2. The second-order valence-corrected chi connectivity index (χ2v) is 19.3. The highest BCUT2D eigenvalue weighted by Gasteiger charge is 2.29. The topological polar surface area (TPSA) is 43.2 Å². The number of hydrogen-bond donors (Lipinski definition) is 0. The van der Waals surface area contributed by atoms with Crippen molar-refractivity contribution < 1.29 is 9.47 Å². The molecule has 0 atom stereocenters. The van der Waals surface area contributed by atoms with Gasteiger partial charge >= 0.3 is 0 Å². The van der Waals surface area contributed by atoms with Gasteiger partial charge in [-0.25, -0.2) is 9.49 Å². The summed E-state index contributed by atoms with van der Waals surface area (Å²) in [4.78, 5) is 0. The van der Waals surface area contributed by atoms with Gasteiger partial charge in [-0.15, -0.1) is 0 Å². The van der Waals surface area contributed by atoms with Crippen LogP contribution >= 0.6 is 14.1 Å². The lowest BCUT2D eigenvalue weighted by atomic mass is 10.0. The molecule has 0 N–H and O–H groups in total. The SMILES string of the molecule is COc1cc(-c2ccc(N=P(c3ccccc3)(c3ccccc3)c3ccccc3)c(OC)c2)ccc1N=P(c1ccccc1)(c1ccccc1)c1ccccc1. The summed E-state index contributed by atoms with van der Waals surface area (Å²) in [6.07, 6.45) is 0. The lowest BCUT2D eigenvalue weighted by Crippen LogP contribution is -2.25. The summed E-state index contributed by atoms with van der Waals surface area (Å²) in [7, 11) is -1.57. The predicted octanol–water partition coefficient (Wildman–Crippen LogP) is 11.0. The molecule has 8 rings (SSSR count). The average molecular weight is 765 g/mol. The predicted molar refractivity (Wildman–Crippen MR) is 239 cm³/mol. The van der Waals surface area contributed by atoms with Crippen molar-refractivity contribution in [3.05, 3.63) is 218 Å². The summed E-state index contributed by atoms with van der Waals surface area (Å²) in [5, 5.41) is 7.04. The number of hydrogen-bond acceptors (Lipinski definition) is 4. The Morgan fingerprint density at radius 2 is 0.536 bits per heavy atom. The molecule has 8 aromatic rings. The van der Waals surface area contributed by atoms with Crippen molar-refractivity contribution in [1.29, 1.82) is 0 Å². The minimum absolute atomic E-state index is 0.699. The fourth-order valence-corrected chi connectivity index (χ4v) is 14.4. The molecule has 4 nitrogen and oxygen atoms in total. The third-order valence-electron chi connectivity index (χ3n) is 9.99. The molecule has 0 amide bonds. The highest BCUT2D eigenvalue weighted by Crippen LogP contribution is 2.53. The number of ether oxygens (including phenoxy) is 2. The molecular weight excluding hydrogens is 723 g/mol. The van der Waals surface area contributed by atoms with E-state index in [2.05, 4.69) is 218 Å². The van der Waals surface area contributed by atoms with Gasteiger partial charge in [0.1, 0.15) is 22.9 Å². The van der Waals surface area contributed by atoms with E-state index in [0.29, 0.717) is 11.5 Å². The summed E-state index contributed by atoms with van der Waals surface area (Å²) < 4.78 is 23.7. The molecule has 0 saturated heterocycles. The summed E-state index contributed by atoms with van der Waals surface area (Å²) >= 11 is 0. The number of methoxy groups -OCH3 is 2. The Labute approximate surface area is 330 Å². The van der Waals surface area contributed by atoms with E-state index in [9.17, 15) is 0 Å². The highest BCUT2D eigenvalue weighted by atomic mass is 31.2. The van der Waals surface area contributed by atoms with E-state index in [-0.39, 0.29) is 0 Å². The minimum Gasteiger partial charge on any atom is -0.494 e. The van der Waals surface area contributed by atoms with Crippen LogP contribution in [0.2, 0.25) is 0 Å².